The second-order valence-corrected chi connectivity index (χ2v) is 8.21. The van der Waals surface area contributed by atoms with Gasteiger partial charge in [-0.15, -0.1) is 11.3 Å². The van der Waals surface area contributed by atoms with Crippen LogP contribution in [0.2, 0.25) is 0 Å². The topological polar surface area (TPSA) is 6.48 Å². The molecule has 3 aromatic rings. The van der Waals surface area contributed by atoms with E-state index in [1.165, 1.54) is 26.6 Å². The van der Waals surface area contributed by atoms with Gasteiger partial charge in [-0.05, 0) is 43.2 Å². The summed E-state index contributed by atoms with van der Waals surface area (Å²) in [4.78, 5) is 7.98. The fourth-order valence-electron chi connectivity index (χ4n) is 3.52. The molecule has 1 aliphatic rings. The predicted octanol–water partition coefficient (Wildman–Crippen LogP) is 5.09. The number of thiophene rings is 1. The lowest BCUT2D eigenvalue weighted by Crippen LogP contribution is -2.46. The first-order valence-electron chi connectivity index (χ1n) is 9.46. The molecular weight excluding hydrogens is 336 g/mol. The zero-order valence-electron chi connectivity index (χ0n) is 15.4. The molecule has 0 spiro atoms. The molecule has 0 saturated carbocycles. The number of aryl methyl sites for hydroxylation is 1. The van der Waals surface area contributed by atoms with E-state index in [9.17, 15) is 0 Å². The van der Waals surface area contributed by atoms with Crippen molar-refractivity contribution in [2.24, 2.45) is 0 Å². The van der Waals surface area contributed by atoms with Gasteiger partial charge in [0.05, 0.1) is 0 Å². The van der Waals surface area contributed by atoms with Crippen LogP contribution < -0.4 is 4.90 Å². The maximum Gasteiger partial charge on any atom is 0.0367 e. The minimum absolute atomic E-state index is 1.13. The van der Waals surface area contributed by atoms with Crippen LogP contribution in [-0.2, 0) is 6.42 Å². The van der Waals surface area contributed by atoms with Crippen molar-refractivity contribution < 1.29 is 0 Å². The number of hydrogen-bond acceptors (Lipinski definition) is 3. The third-order valence-electron chi connectivity index (χ3n) is 5.17. The molecule has 0 aliphatic carbocycles. The van der Waals surface area contributed by atoms with Crippen molar-refractivity contribution in [3.63, 3.8) is 0 Å². The van der Waals surface area contributed by atoms with Crippen molar-refractivity contribution in [1.82, 2.24) is 4.90 Å². The second-order valence-electron chi connectivity index (χ2n) is 7.05. The van der Waals surface area contributed by atoms with Gasteiger partial charge in [0.25, 0.3) is 0 Å². The number of nitrogens with zero attached hydrogens (tertiary/aromatic N) is 2. The Balaban J connectivity index is 1.27. The number of hydrogen-bond donors (Lipinski definition) is 0. The monoisotopic (exact) mass is 362 g/mol. The lowest BCUT2D eigenvalue weighted by atomic mass is 10.2. The Morgan fingerprint density at radius 2 is 1.54 bits per heavy atom. The first-order valence-corrected chi connectivity index (χ1v) is 10.3. The van der Waals surface area contributed by atoms with E-state index in [2.05, 4.69) is 83.5 Å². The number of piperazine rings is 1. The summed E-state index contributed by atoms with van der Waals surface area (Å²) in [6.07, 6.45) is 1.15. The van der Waals surface area contributed by atoms with E-state index in [4.69, 9.17) is 0 Å². The summed E-state index contributed by atoms with van der Waals surface area (Å²) in [5.41, 5.74) is 4.02. The maximum absolute atomic E-state index is 2.60. The molecule has 1 saturated heterocycles. The van der Waals surface area contributed by atoms with Gasteiger partial charge in [-0.1, -0.05) is 48.0 Å². The highest BCUT2D eigenvalue weighted by Gasteiger charge is 2.17. The molecule has 2 aromatic carbocycles. The molecule has 0 radical (unpaired) electrons. The van der Waals surface area contributed by atoms with Gasteiger partial charge in [0.15, 0.2) is 0 Å². The highest BCUT2D eigenvalue weighted by molar-refractivity contribution is 7.15. The first kappa shape index (κ1) is 17.3. The van der Waals surface area contributed by atoms with E-state index in [1.807, 2.05) is 11.3 Å². The molecule has 0 unspecified atom stereocenters. The molecule has 4 rings (SSSR count). The Morgan fingerprint density at radius 1 is 0.808 bits per heavy atom. The first-order chi connectivity index (χ1) is 12.8. The fraction of sp³-hybridized carbons (Fsp3) is 0.304. The van der Waals surface area contributed by atoms with Crippen LogP contribution in [0.1, 0.15) is 10.4 Å². The molecule has 1 aliphatic heterocycles. The summed E-state index contributed by atoms with van der Waals surface area (Å²) in [5.74, 6) is 0. The standard InChI is InChI=1S/C23H26N2S/c1-19-7-9-21(10-8-19)25-17-15-24(16-18-25)14-13-22-11-12-23(26-22)20-5-3-2-4-6-20/h2-12H,13-18H2,1H3. The van der Waals surface area contributed by atoms with Crippen LogP contribution in [0, 0.1) is 6.92 Å². The normalized spacial score (nSPS) is 15.3. The molecule has 26 heavy (non-hydrogen) atoms. The van der Waals surface area contributed by atoms with Crippen LogP contribution in [0.4, 0.5) is 5.69 Å². The van der Waals surface area contributed by atoms with Gasteiger partial charge in [-0.2, -0.15) is 0 Å². The van der Waals surface area contributed by atoms with E-state index in [0.717, 1.165) is 39.1 Å². The summed E-state index contributed by atoms with van der Waals surface area (Å²) >= 11 is 1.94. The van der Waals surface area contributed by atoms with E-state index in [0.29, 0.717) is 0 Å². The largest absolute Gasteiger partial charge is 0.369 e. The minimum atomic E-state index is 1.13. The van der Waals surface area contributed by atoms with Gasteiger partial charge in [0, 0.05) is 48.2 Å². The lowest BCUT2D eigenvalue weighted by Gasteiger charge is -2.36. The molecule has 0 atom stereocenters. The third kappa shape index (κ3) is 4.17. The summed E-state index contributed by atoms with van der Waals surface area (Å²) in [6, 6.07) is 24.2. The van der Waals surface area contributed by atoms with Crippen molar-refractivity contribution in [2.75, 3.05) is 37.6 Å². The van der Waals surface area contributed by atoms with Crippen LogP contribution in [0.3, 0.4) is 0 Å². The summed E-state index contributed by atoms with van der Waals surface area (Å²) < 4.78 is 0. The third-order valence-corrected chi connectivity index (χ3v) is 6.36. The average molecular weight is 363 g/mol. The Morgan fingerprint density at radius 3 is 2.27 bits per heavy atom. The van der Waals surface area contributed by atoms with Crippen molar-refractivity contribution >= 4 is 17.0 Å². The van der Waals surface area contributed by atoms with Crippen molar-refractivity contribution in [1.29, 1.82) is 0 Å². The zero-order chi connectivity index (χ0) is 17.8. The molecule has 1 fully saturated rings. The molecule has 0 N–H and O–H groups in total. The molecule has 1 aromatic heterocycles. The molecule has 134 valence electrons. The molecule has 2 heterocycles. The summed E-state index contributed by atoms with van der Waals surface area (Å²) in [7, 11) is 0. The minimum Gasteiger partial charge on any atom is -0.369 e. The van der Waals surface area contributed by atoms with Crippen molar-refractivity contribution in [3.8, 4) is 10.4 Å². The van der Waals surface area contributed by atoms with Crippen LogP contribution in [0.5, 0.6) is 0 Å². The van der Waals surface area contributed by atoms with Gasteiger partial charge >= 0.3 is 0 Å². The van der Waals surface area contributed by atoms with E-state index < -0.39 is 0 Å². The average Bonchev–Trinajstić information content (AvgIpc) is 3.17. The van der Waals surface area contributed by atoms with Crippen LogP contribution in [-0.4, -0.2) is 37.6 Å². The van der Waals surface area contributed by atoms with Gasteiger partial charge in [0.1, 0.15) is 0 Å². The Bertz CT molecular complexity index is 815. The number of rotatable bonds is 5. The highest BCUT2D eigenvalue weighted by atomic mass is 32.1. The zero-order valence-corrected chi connectivity index (χ0v) is 16.2. The molecule has 3 heteroatoms. The lowest BCUT2D eigenvalue weighted by molar-refractivity contribution is 0.261. The van der Waals surface area contributed by atoms with Gasteiger partial charge in [0.2, 0.25) is 0 Å². The Labute approximate surface area is 160 Å². The fourth-order valence-corrected chi connectivity index (χ4v) is 4.53. The Kier molecular flexibility index (Phi) is 5.37. The van der Waals surface area contributed by atoms with E-state index >= 15 is 0 Å². The number of anilines is 1. The second kappa shape index (κ2) is 8.07. The van der Waals surface area contributed by atoms with Crippen LogP contribution in [0.25, 0.3) is 10.4 Å². The Hall–Kier alpha value is -2.10. The van der Waals surface area contributed by atoms with Crippen molar-refractivity contribution in [3.05, 3.63) is 77.2 Å². The molecule has 0 amide bonds. The number of benzene rings is 2. The molecule has 0 bridgehead atoms. The smallest absolute Gasteiger partial charge is 0.0367 e. The van der Waals surface area contributed by atoms with Gasteiger partial charge < -0.3 is 4.90 Å². The van der Waals surface area contributed by atoms with E-state index in [1.54, 1.807) is 0 Å². The predicted molar refractivity (Wildman–Crippen MR) is 113 cm³/mol. The SMILES string of the molecule is Cc1ccc(N2CCN(CCc3ccc(-c4ccccc4)s3)CC2)cc1. The highest BCUT2D eigenvalue weighted by Crippen LogP contribution is 2.28. The quantitative estimate of drug-likeness (QED) is 0.624. The van der Waals surface area contributed by atoms with Crippen LogP contribution in [0.15, 0.2) is 66.7 Å². The molecule has 2 nitrogen and oxygen atoms in total. The maximum atomic E-state index is 2.60. The molecular formula is C23H26N2S. The summed E-state index contributed by atoms with van der Waals surface area (Å²) in [5, 5.41) is 0. The van der Waals surface area contributed by atoms with Crippen molar-refractivity contribution in [2.45, 2.75) is 13.3 Å². The van der Waals surface area contributed by atoms with Gasteiger partial charge in [-0.25, -0.2) is 0 Å². The van der Waals surface area contributed by atoms with Gasteiger partial charge in [-0.3, -0.25) is 4.90 Å². The van der Waals surface area contributed by atoms with Crippen LogP contribution >= 0.6 is 11.3 Å². The van der Waals surface area contributed by atoms with E-state index in [-0.39, 0.29) is 0 Å². The summed E-state index contributed by atoms with van der Waals surface area (Å²) in [6.45, 7) is 7.88.